The fourth-order valence-corrected chi connectivity index (χ4v) is 2.05. The average molecular weight is 330 g/mol. The number of pyridine rings is 1. The largest absolute Gasteiger partial charge is 0.479 e. The Balaban J connectivity index is 1.69. The van der Waals surface area contributed by atoms with E-state index >= 15 is 0 Å². The molecule has 0 unspecified atom stereocenters. The van der Waals surface area contributed by atoms with Gasteiger partial charge in [0.25, 0.3) is 5.91 Å². The van der Waals surface area contributed by atoms with Crippen LogP contribution in [-0.2, 0) is 13.6 Å². The standard InChI is InChI=1S/C14H14N6O4/c1-20-7-9(14(18-20)23-2)13(22)16-6-11-17-12(19-24-11)8-3-4-15-10(21)5-8/h3-5,7H,6H2,1-2H3,(H,15,21)(H,16,22). The van der Waals surface area contributed by atoms with Crippen LogP contribution in [-0.4, -0.2) is 37.9 Å². The lowest BCUT2D eigenvalue weighted by molar-refractivity contribution is 0.0943. The Morgan fingerprint density at radius 1 is 1.50 bits per heavy atom. The molecule has 0 radical (unpaired) electrons. The Morgan fingerprint density at radius 3 is 3.08 bits per heavy atom. The highest BCUT2D eigenvalue weighted by atomic mass is 16.5. The van der Waals surface area contributed by atoms with Crippen LogP contribution in [0.5, 0.6) is 5.88 Å². The third-order valence-corrected chi connectivity index (χ3v) is 3.13. The van der Waals surface area contributed by atoms with E-state index in [2.05, 4.69) is 25.5 Å². The highest BCUT2D eigenvalue weighted by Gasteiger charge is 2.17. The molecule has 10 heteroatoms. The van der Waals surface area contributed by atoms with E-state index in [1.54, 1.807) is 19.3 Å². The molecule has 1 amide bonds. The summed E-state index contributed by atoms with van der Waals surface area (Å²) in [4.78, 5) is 30.1. The van der Waals surface area contributed by atoms with Crippen LogP contribution >= 0.6 is 0 Å². The number of aromatic amines is 1. The van der Waals surface area contributed by atoms with Gasteiger partial charge in [-0.25, -0.2) is 0 Å². The number of methoxy groups -OCH3 is 1. The topological polar surface area (TPSA) is 128 Å². The minimum atomic E-state index is -0.379. The van der Waals surface area contributed by atoms with Crippen molar-refractivity contribution in [3.8, 4) is 17.3 Å². The van der Waals surface area contributed by atoms with Crippen LogP contribution in [0, 0.1) is 0 Å². The van der Waals surface area contributed by atoms with Crippen molar-refractivity contribution in [3.05, 3.63) is 46.3 Å². The van der Waals surface area contributed by atoms with Crippen molar-refractivity contribution in [3.63, 3.8) is 0 Å². The summed E-state index contributed by atoms with van der Waals surface area (Å²) in [7, 11) is 3.12. The number of hydrogen-bond acceptors (Lipinski definition) is 7. The zero-order valence-corrected chi connectivity index (χ0v) is 12.9. The number of nitrogens with one attached hydrogen (secondary N) is 2. The summed E-state index contributed by atoms with van der Waals surface area (Å²) in [5.41, 5.74) is 0.555. The normalized spacial score (nSPS) is 10.6. The lowest BCUT2D eigenvalue weighted by Gasteiger charge is -2.01. The average Bonchev–Trinajstić information content (AvgIpc) is 3.19. The third-order valence-electron chi connectivity index (χ3n) is 3.13. The van der Waals surface area contributed by atoms with Crippen molar-refractivity contribution < 1.29 is 14.1 Å². The molecule has 3 heterocycles. The quantitative estimate of drug-likeness (QED) is 0.679. The molecular weight excluding hydrogens is 316 g/mol. The van der Waals surface area contributed by atoms with Crippen LogP contribution in [0.3, 0.4) is 0 Å². The first-order chi connectivity index (χ1) is 11.6. The highest BCUT2D eigenvalue weighted by Crippen LogP contribution is 2.15. The highest BCUT2D eigenvalue weighted by molar-refractivity contribution is 5.96. The number of nitrogens with zero attached hydrogens (tertiary/aromatic N) is 4. The second kappa shape index (κ2) is 6.36. The van der Waals surface area contributed by atoms with E-state index < -0.39 is 0 Å². The van der Waals surface area contributed by atoms with E-state index in [9.17, 15) is 9.59 Å². The van der Waals surface area contributed by atoms with Gasteiger partial charge in [-0.2, -0.15) is 4.98 Å². The molecule has 2 N–H and O–H groups in total. The molecule has 0 bridgehead atoms. The van der Waals surface area contributed by atoms with Gasteiger partial charge in [0, 0.05) is 31.1 Å². The van der Waals surface area contributed by atoms with Gasteiger partial charge in [0.1, 0.15) is 5.56 Å². The molecule has 0 spiro atoms. The van der Waals surface area contributed by atoms with Gasteiger partial charge in [0.15, 0.2) is 0 Å². The maximum Gasteiger partial charge on any atom is 0.258 e. The Kier molecular flexibility index (Phi) is 4.10. The smallest absolute Gasteiger partial charge is 0.258 e. The van der Waals surface area contributed by atoms with E-state index in [-0.39, 0.29) is 35.6 Å². The second-order valence-corrected chi connectivity index (χ2v) is 4.86. The van der Waals surface area contributed by atoms with Crippen molar-refractivity contribution in [2.45, 2.75) is 6.54 Å². The molecule has 0 atom stereocenters. The maximum absolute atomic E-state index is 12.2. The number of aromatic nitrogens is 5. The van der Waals surface area contributed by atoms with Crippen LogP contribution in [0.25, 0.3) is 11.4 Å². The Bertz CT molecular complexity index is 925. The monoisotopic (exact) mass is 330 g/mol. The van der Waals surface area contributed by atoms with E-state index in [0.717, 1.165) is 0 Å². The van der Waals surface area contributed by atoms with Gasteiger partial charge < -0.3 is 19.6 Å². The van der Waals surface area contributed by atoms with Gasteiger partial charge in [-0.1, -0.05) is 5.16 Å². The summed E-state index contributed by atoms with van der Waals surface area (Å²) in [6, 6.07) is 3.00. The third kappa shape index (κ3) is 3.16. The number of aryl methyl sites for hydroxylation is 1. The molecule has 0 saturated heterocycles. The first kappa shape index (κ1) is 15.5. The van der Waals surface area contributed by atoms with Crippen molar-refractivity contribution >= 4 is 5.91 Å². The summed E-state index contributed by atoms with van der Waals surface area (Å²) in [6.45, 7) is 0.0348. The zero-order valence-electron chi connectivity index (χ0n) is 12.9. The molecule has 124 valence electrons. The molecule has 3 rings (SSSR count). The van der Waals surface area contributed by atoms with Crippen LogP contribution in [0.2, 0.25) is 0 Å². The molecule has 0 aliphatic rings. The molecule has 0 aromatic carbocycles. The fraction of sp³-hybridized carbons (Fsp3) is 0.214. The van der Waals surface area contributed by atoms with Gasteiger partial charge in [-0.05, 0) is 6.07 Å². The molecule has 10 nitrogen and oxygen atoms in total. The summed E-state index contributed by atoms with van der Waals surface area (Å²) in [5, 5.41) is 10.4. The molecular formula is C14H14N6O4. The maximum atomic E-state index is 12.2. The van der Waals surface area contributed by atoms with Crippen LogP contribution < -0.4 is 15.6 Å². The second-order valence-electron chi connectivity index (χ2n) is 4.86. The molecule has 3 aromatic heterocycles. The Hall–Kier alpha value is -3.43. The minimum Gasteiger partial charge on any atom is -0.479 e. The molecule has 0 saturated carbocycles. The minimum absolute atomic E-state index is 0.0348. The summed E-state index contributed by atoms with van der Waals surface area (Å²) >= 11 is 0. The predicted molar refractivity (Wildman–Crippen MR) is 81.3 cm³/mol. The number of H-pyrrole nitrogens is 1. The van der Waals surface area contributed by atoms with Crippen molar-refractivity contribution in [1.82, 2.24) is 30.2 Å². The molecule has 0 fully saturated rings. The van der Waals surface area contributed by atoms with Crippen LogP contribution in [0.1, 0.15) is 16.2 Å². The van der Waals surface area contributed by atoms with E-state index in [1.807, 2.05) is 0 Å². The van der Waals surface area contributed by atoms with Gasteiger partial charge >= 0.3 is 0 Å². The van der Waals surface area contributed by atoms with Gasteiger partial charge in [-0.15, -0.1) is 5.10 Å². The molecule has 0 aliphatic heterocycles. The SMILES string of the molecule is COc1nn(C)cc1C(=O)NCc1nc(-c2cc[nH]c(=O)c2)no1. The summed E-state index contributed by atoms with van der Waals surface area (Å²) < 4.78 is 11.6. The number of ether oxygens (including phenoxy) is 1. The zero-order chi connectivity index (χ0) is 17.1. The first-order valence-electron chi connectivity index (χ1n) is 6.94. The Morgan fingerprint density at radius 2 is 2.33 bits per heavy atom. The van der Waals surface area contributed by atoms with E-state index in [0.29, 0.717) is 11.1 Å². The van der Waals surface area contributed by atoms with Gasteiger partial charge in [-0.3, -0.25) is 14.3 Å². The molecule has 3 aromatic rings. The predicted octanol–water partition coefficient (Wildman–Crippen LogP) is 0.0970. The van der Waals surface area contributed by atoms with Crippen LogP contribution in [0.15, 0.2) is 33.8 Å². The van der Waals surface area contributed by atoms with E-state index in [1.165, 1.54) is 24.1 Å². The lowest BCUT2D eigenvalue weighted by Crippen LogP contribution is -2.23. The Labute approximate surface area is 135 Å². The van der Waals surface area contributed by atoms with Crippen molar-refractivity contribution in [1.29, 1.82) is 0 Å². The number of amides is 1. The molecule has 24 heavy (non-hydrogen) atoms. The first-order valence-corrected chi connectivity index (χ1v) is 6.94. The number of hydrogen-bond donors (Lipinski definition) is 2. The number of carbonyl (C=O) groups is 1. The summed E-state index contributed by atoms with van der Waals surface area (Å²) in [5.74, 6) is 0.325. The number of carbonyl (C=O) groups excluding carboxylic acids is 1. The van der Waals surface area contributed by atoms with E-state index in [4.69, 9.17) is 9.26 Å². The van der Waals surface area contributed by atoms with Gasteiger partial charge in [0.2, 0.25) is 23.2 Å². The van der Waals surface area contributed by atoms with Gasteiger partial charge in [0.05, 0.1) is 13.7 Å². The lowest BCUT2D eigenvalue weighted by atomic mass is 10.2. The summed E-state index contributed by atoms with van der Waals surface area (Å²) in [6.07, 6.45) is 3.04. The van der Waals surface area contributed by atoms with Crippen LogP contribution in [0.4, 0.5) is 0 Å². The number of rotatable bonds is 5. The van der Waals surface area contributed by atoms with Crippen molar-refractivity contribution in [2.24, 2.45) is 7.05 Å². The fourth-order valence-electron chi connectivity index (χ4n) is 2.05. The molecule has 0 aliphatic carbocycles. The van der Waals surface area contributed by atoms with Crippen molar-refractivity contribution in [2.75, 3.05) is 7.11 Å².